The van der Waals surface area contributed by atoms with Gasteiger partial charge in [0.05, 0.1) is 0 Å². The Morgan fingerprint density at radius 3 is 2.45 bits per heavy atom. The summed E-state index contributed by atoms with van der Waals surface area (Å²) in [5, 5.41) is 11.9. The third-order valence-electron chi connectivity index (χ3n) is 9.76. The van der Waals surface area contributed by atoms with E-state index in [-0.39, 0.29) is 31.5 Å². The maximum atomic E-state index is 17.7. The largest absolute Gasteiger partial charge is 0.490 e. The fourth-order valence-electron chi connectivity index (χ4n) is 7.79. The molecule has 0 aromatic heterocycles. The number of halogens is 4. The average Bonchev–Trinajstić information content (AvgIpc) is 3.04. The Morgan fingerprint density at radius 1 is 1.18 bits per heavy atom. The Kier molecular flexibility index (Phi) is 6.73. The van der Waals surface area contributed by atoms with Crippen LogP contribution in [0.2, 0.25) is 0 Å². The zero-order chi connectivity index (χ0) is 28.5. The first-order valence-corrected chi connectivity index (χ1v) is 12.8. The number of esters is 2. The quantitative estimate of drug-likeness (QED) is 0.412. The van der Waals surface area contributed by atoms with Crippen LogP contribution in [0.5, 0.6) is 0 Å². The van der Waals surface area contributed by atoms with Crippen molar-refractivity contribution in [2.45, 2.75) is 83.3 Å². The molecule has 0 unspecified atom stereocenters. The van der Waals surface area contributed by atoms with Gasteiger partial charge in [0, 0.05) is 23.2 Å². The van der Waals surface area contributed by atoms with Crippen molar-refractivity contribution < 1.29 is 51.3 Å². The number of fused-ring (bicyclic) bond motifs is 5. The van der Waals surface area contributed by atoms with E-state index in [9.17, 15) is 37.5 Å². The summed E-state index contributed by atoms with van der Waals surface area (Å²) in [5.74, 6) is -6.89. The lowest BCUT2D eigenvalue weighted by molar-refractivity contribution is -0.249. The molecule has 210 valence electrons. The highest BCUT2D eigenvalue weighted by atomic mass is 19.4. The van der Waals surface area contributed by atoms with Crippen LogP contribution in [0.25, 0.3) is 0 Å². The van der Waals surface area contributed by atoms with Crippen molar-refractivity contribution in [2.75, 3.05) is 6.61 Å². The van der Waals surface area contributed by atoms with Crippen LogP contribution >= 0.6 is 0 Å². The van der Waals surface area contributed by atoms with Crippen molar-refractivity contribution in [1.29, 1.82) is 0 Å². The lowest BCUT2D eigenvalue weighted by Crippen LogP contribution is -2.70. The zero-order valence-electron chi connectivity index (χ0n) is 21.7. The number of carbonyl (C=O) groups is 4. The van der Waals surface area contributed by atoms with Gasteiger partial charge in [0.2, 0.25) is 5.78 Å². The van der Waals surface area contributed by atoms with E-state index in [0.717, 1.165) is 6.08 Å². The number of rotatable bonds is 5. The van der Waals surface area contributed by atoms with E-state index in [2.05, 4.69) is 0 Å². The molecule has 1 N–H and O–H groups in total. The van der Waals surface area contributed by atoms with Crippen molar-refractivity contribution in [3.05, 3.63) is 23.8 Å². The second-order valence-corrected chi connectivity index (χ2v) is 11.5. The van der Waals surface area contributed by atoms with Gasteiger partial charge < -0.3 is 14.6 Å². The minimum atomic E-state index is -5.40. The first-order chi connectivity index (χ1) is 17.5. The highest BCUT2D eigenvalue weighted by molar-refractivity contribution is 6.01. The van der Waals surface area contributed by atoms with Crippen molar-refractivity contribution in [3.63, 3.8) is 0 Å². The molecule has 8 atom stereocenters. The molecule has 3 saturated carbocycles. The molecule has 0 amide bonds. The van der Waals surface area contributed by atoms with E-state index in [0.29, 0.717) is 5.57 Å². The number of allylic oxidation sites excluding steroid dienone is 4. The highest BCUT2D eigenvalue weighted by Crippen LogP contribution is 2.71. The topological polar surface area (TPSA) is 107 Å². The lowest BCUT2D eigenvalue weighted by Gasteiger charge is -2.63. The van der Waals surface area contributed by atoms with Gasteiger partial charge in [-0.25, -0.2) is 9.18 Å². The van der Waals surface area contributed by atoms with Crippen molar-refractivity contribution in [2.24, 2.45) is 28.6 Å². The smallest absolute Gasteiger partial charge is 0.458 e. The molecule has 0 spiro atoms. The third-order valence-corrected chi connectivity index (χ3v) is 9.76. The van der Waals surface area contributed by atoms with E-state index in [4.69, 9.17) is 9.47 Å². The van der Waals surface area contributed by atoms with Crippen LogP contribution in [0.4, 0.5) is 17.6 Å². The summed E-state index contributed by atoms with van der Waals surface area (Å²) in [5.41, 5.74) is -7.38. The summed E-state index contributed by atoms with van der Waals surface area (Å²) >= 11 is 0. The van der Waals surface area contributed by atoms with Crippen molar-refractivity contribution in [1.82, 2.24) is 0 Å². The number of alkyl halides is 4. The Bertz CT molecular complexity index is 1130. The molecule has 0 aliphatic heterocycles. The fourth-order valence-corrected chi connectivity index (χ4v) is 7.79. The molecule has 0 aromatic rings. The maximum absolute atomic E-state index is 17.7. The van der Waals surface area contributed by atoms with Crippen LogP contribution in [0.15, 0.2) is 23.8 Å². The van der Waals surface area contributed by atoms with Crippen LogP contribution in [0, 0.1) is 28.6 Å². The summed E-state index contributed by atoms with van der Waals surface area (Å²) in [6.45, 7) is 5.35. The Morgan fingerprint density at radius 2 is 1.84 bits per heavy atom. The predicted octanol–water partition coefficient (Wildman–Crippen LogP) is 3.97. The van der Waals surface area contributed by atoms with Gasteiger partial charge in [0.15, 0.2) is 18.1 Å². The van der Waals surface area contributed by atoms with E-state index in [1.54, 1.807) is 6.92 Å². The molecule has 7 nitrogen and oxygen atoms in total. The molecule has 4 aliphatic rings. The van der Waals surface area contributed by atoms with Gasteiger partial charge >= 0.3 is 18.1 Å². The Labute approximate surface area is 217 Å². The van der Waals surface area contributed by atoms with Gasteiger partial charge in [-0.3, -0.25) is 14.4 Å². The third kappa shape index (κ3) is 3.78. The molecule has 0 saturated heterocycles. The molecule has 0 radical (unpaired) electrons. The second kappa shape index (κ2) is 8.99. The van der Waals surface area contributed by atoms with Gasteiger partial charge in [0.25, 0.3) is 0 Å². The van der Waals surface area contributed by atoms with Gasteiger partial charge in [-0.1, -0.05) is 32.4 Å². The molecule has 3 fully saturated rings. The van der Waals surface area contributed by atoms with Crippen molar-refractivity contribution in [3.8, 4) is 0 Å². The molecule has 11 heteroatoms. The number of aliphatic hydroxyl groups is 1. The summed E-state index contributed by atoms with van der Waals surface area (Å²) in [4.78, 5) is 49.1. The van der Waals surface area contributed by atoms with Gasteiger partial charge in [0.1, 0.15) is 11.7 Å². The number of hydrogen-bond donors (Lipinski definition) is 1. The minimum Gasteiger partial charge on any atom is -0.458 e. The molecular formula is C27H32F4O7. The zero-order valence-corrected chi connectivity index (χ0v) is 21.7. The molecular weight excluding hydrogens is 512 g/mol. The fraction of sp³-hybridized carbons (Fsp3) is 0.704. The summed E-state index contributed by atoms with van der Waals surface area (Å²) in [6.07, 6.45) is -3.67. The maximum Gasteiger partial charge on any atom is 0.490 e. The van der Waals surface area contributed by atoms with Crippen LogP contribution in [-0.4, -0.2) is 58.8 Å². The number of carbonyl (C=O) groups excluding carboxylic acids is 4. The van der Waals surface area contributed by atoms with E-state index >= 15 is 4.39 Å². The number of Topliss-reactive ketones (excluding diaryl/α,β-unsaturated/α-hetero) is 1. The molecule has 4 aliphatic carbocycles. The van der Waals surface area contributed by atoms with Crippen LogP contribution in [0.3, 0.4) is 0 Å². The summed E-state index contributed by atoms with van der Waals surface area (Å²) in [6, 6.07) is 0. The molecule has 0 bridgehead atoms. The molecule has 0 aromatic carbocycles. The van der Waals surface area contributed by atoms with E-state index in [1.165, 1.54) is 32.9 Å². The lowest BCUT2D eigenvalue weighted by atomic mass is 9.44. The van der Waals surface area contributed by atoms with Crippen LogP contribution < -0.4 is 0 Å². The standard InChI is InChI=1S/C27H32F4O7/c1-5-21(34)37-13-19(33)26(36)14(2)10-18-17-7-6-15-11-16(32)8-9-23(15,3)25(17,28)20(12-24(18,26)4)38-22(35)27(29,30)31/h8-9,11,14,17-18,20,36H,5-7,10,12-13H2,1-4H3/t14-,17-,18-,20-,23-,24-,25-,26+/m0/s1. The second-order valence-electron chi connectivity index (χ2n) is 11.5. The summed E-state index contributed by atoms with van der Waals surface area (Å²) in [7, 11) is 0. The minimum absolute atomic E-state index is 0.00643. The summed E-state index contributed by atoms with van der Waals surface area (Å²) < 4.78 is 67.5. The van der Waals surface area contributed by atoms with E-state index < -0.39 is 82.9 Å². The Balaban J connectivity index is 1.83. The highest BCUT2D eigenvalue weighted by Gasteiger charge is 2.77. The SMILES string of the molecule is CCC(=O)OCC(=O)[C@]1(O)[C@@H](C)C[C@H]2[C@@H]3CCC4=CC(=O)C=C[C@]4(C)[C@@]3(F)[C@@H](OC(=O)C(F)(F)F)C[C@@]21C. The van der Waals surface area contributed by atoms with Gasteiger partial charge in [-0.2, -0.15) is 13.2 Å². The monoisotopic (exact) mass is 544 g/mol. The normalized spacial score (nSPS) is 41.9. The van der Waals surface area contributed by atoms with Gasteiger partial charge in [-0.05, 0) is 56.6 Å². The predicted molar refractivity (Wildman–Crippen MR) is 124 cm³/mol. The first-order valence-electron chi connectivity index (χ1n) is 12.8. The molecule has 38 heavy (non-hydrogen) atoms. The van der Waals surface area contributed by atoms with E-state index in [1.807, 2.05) is 0 Å². The Hall–Kier alpha value is -2.56. The van der Waals surface area contributed by atoms with Gasteiger partial charge in [-0.15, -0.1) is 0 Å². The number of ether oxygens (including phenoxy) is 2. The molecule has 0 heterocycles. The van der Waals surface area contributed by atoms with Crippen LogP contribution in [-0.2, 0) is 28.7 Å². The number of hydrogen-bond acceptors (Lipinski definition) is 7. The number of ketones is 2. The van der Waals surface area contributed by atoms with Crippen LogP contribution in [0.1, 0.15) is 59.8 Å². The average molecular weight is 545 g/mol. The van der Waals surface area contributed by atoms with Crippen molar-refractivity contribution >= 4 is 23.5 Å². The molecule has 4 rings (SSSR count). The first kappa shape index (κ1) is 28.4.